The molecule has 0 atom stereocenters. The molecule has 4 saturated carbocycles. The van der Waals surface area contributed by atoms with Gasteiger partial charge in [-0.05, 0) is 69.1 Å². The second-order valence-electron chi connectivity index (χ2n) is 11.4. The van der Waals surface area contributed by atoms with Crippen molar-refractivity contribution in [3.8, 4) is 0 Å². The number of amides is 2. The summed E-state index contributed by atoms with van der Waals surface area (Å²) in [5, 5.41) is 13.8. The highest BCUT2D eigenvalue weighted by atomic mass is 32.1. The van der Waals surface area contributed by atoms with E-state index in [9.17, 15) is 9.59 Å². The molecule has 1 aliphatic heterocycles. The smallest absolute Gasteiger partial charge is 0.229 e. The van der Waals surface area contributed by atoms with Crippen molar-refractivity contribution >= 4 is 28.3 Å². The van der Waals surface area contributed by atoms with Gasteiger partial charge >= 0.3 is 0 Å². The Labute approximate surface area is 183 Å². The second-order valence-corrected chi connectivity index (χ2v) is 12.4. The van der Waals surface area contributed by atoms with Gasteiger partial charge in [-0.25, -0.2) is 0 Å². The molecule has 0 radical (unpaired) electrons. The minimum absolute atomic E-state index is 0.0334. The highest BCUT2D eigenvalue weighted by molar-refractivity contribution is 7.15. The lowest BCUT2D eigenvalue weighted by atomic mass is 9.50. The third kappa shape index (κ3) is 3.67. The van der Waals surface area contributed by atoms with Crippen LogP contribution in [0.25, 0.3) is 0 Å². The minimum atomic E-state index is -0.366. The molecule has 0 unspecified atom stereocenters. The quantitative estimate of drug-likeness (QED) is 0.779. The summed E-state index contributed by atoms with van der Waals surface area (Å²) in [6.07, 6.45) is 9.47. The van der Waals surface area contributed by atoms with E-state index in [0.717, 1.165) is 22.8 Å². The monoisotopic (exact) mass is 430 g/mol. The van der Waals surface area contributed by atoms with Crippen molar-refractivity contribution in [1.29, 1.82) is 0 Å². The highest BCUT2D eigenvalue weighted by Gasteiger charge is 2.53. The summed E-state index contributed by atoms with van der Waals surface area (Å²) < 4.78 is 0. The number of hydrogen-bond acceptors (Lipinski definition) is 5. The number of likely N-dealkylation sites (tertiary alicyclic amines) is 1. The van der Waals surface area contributed by atoms with Gasteiger partial charge < -0.3 is 10.2 Å². The van der Waals surface area contributed by atoms with Gasteiger partial charge in [0.1, 0.15) is 5.01 Å². The Hall–Kier alpha value is -1.50. The summed E-state index contributed by atoms with van der Waals surface area (Å²) in [4.78, 5) is 27.2. The van der Waals surface area contributed by atoms with Gasteiger partial charge in [0.05, 0.1) is 0 Å². The van der Waals surface area contributed by atoms with E-state index in [-0.39, 0.29) is 28.6 Å². The predicted molar refractivity (Wildman–Crippen MR) is 117 cm³/mol. The van der Waals surface area contributed by atoms with Crippen LogP contribution in [0.5, 0.6) is 0 Å². The van der Waals surface area contributed by atoms with Gasteiger partial charge in [-0.15, -0.1) is 10.2 Å². The highest BCUT2D eigenvalue weighted by Crippen LogP contribution is 2.61. The SMILES string of the molecule is CC(C)(C)C(=O)N1CCC(C(=O)Nc2nnc(C34CC5CC(CC(C5)C3)C4)s2)CC1. The molecule has 164 valence electrons. The lowest BCUT2D eigenvalue weighted by molar-refractivity contribution is -0.142. The summed E-state index contributed by atoms with van der Waals surface area (Å²) in [5.74, 6) is 2.77. The maximum atomic E-state index is 12.8. The van der Waals surface area contributed by atoms with Crippen molar-refractivity contribution in [1.82, 2.24) is 15.1 Å². The molecule has 5 aliphatic rings. The molecular formula is C23H34N4O2S. The zero-order chi connectivity index (χ0) is 21.1. The first-order valence-corrected chi connectivity index (χ1v) is 12.5. The molecule has 1 aromatic rings. The molecule has 30 heavy (non-hydrogen) atoms. The summed E-state index contributed by atoms with van der Waals surface area (Å²) in [7, 11) is 0. The minimum Gasteiger partial charge on any atom is -0.342 e. The Morgan fingerprint density at radius 1 is 1.00 bits per heavy atom. The number of carbonyl (C=O) groups excluding carboxylic acids is 2. The Balaban J connectivity index is 1.19. The number of aromatic nitrogens is 2. The zero-order valence-electron chi connectivity index (χ0n) is 18.4. The third-order valence-corrected chi connectivity index (χ3v) is 9.03. The van der Waals surface area contributed by atoms with Crippen LogP contribution in [0, 0.1) is 29.1 Å². The third-order valence-electron chi connectivity index (χ3n) is 7.94. The fraction of sp³-hybridized carbons (Fsp3) is 0.826. The first-order valence-electron chi connectivity index (χ1n) is 11.7. The normalized spacial score (nSPS) is 33.7. The molecule has 6 nitrogen and oxygen atoms in total. The number of hydrogen-bond donors (Lipinski definition) is 1. The summed E-state index contributed by atoms with van der Waals surface area (Å²) in [6.45, 7) is 7.16. The van der Waals surface area contributed by atoms with Crippen molar-refractivity contribution in [2.24, 2.45) is 29.1 Å². The first-order chi connectivity index (χ1) is 14.2. The number of nitrogens with one attached hydrogen (secondary N) is 1. The van der Waals surface area contributed by atoms with Crippen LogP contribution in [-0.2, 0) is 15.0 Å². The second kappa shape index (κ2) is 7.28. The molecule has 5 fully saturated rings. The number of carbonyl (C=O) groups is 2. The molecule has 4 aliphatic carbocycles. The van der Waals surface area contributed by atoms with E-state index in [1.54, 1.807) is 11.3 Å². The van der Waals surface area contributed by atoms with Crippen molar-refractivity contribution in [3.63, 3.8) is 0 Å². The molecule has 2 heterocycles. The lowest BCUT2D eigenvalue weighted by Crippen LogP contribution is -2.48. The maximum absolute atomic E-state index is 12.8. The molecule has 4 bridgehead atoms. The van der Waals surface area contributed by atoms with Crippen molar-refractivity contribution in [2.45, 2.75) is 77.6 Å². The van der Waals surface area contributed by atoms with E-state index in [1.165, 1.54) is 38.5 Å². The Morgan fingerprint density at radius 3 is 2.10 bits per heavy atom. The summed E-state index contributed by atoms with van der Waals surface area (Å²) in [5.41, 5.74) is -0.136. The molecule has 1 N–H and O–H groups in total. The molecule has 0 spiro atoms. The van der Waals surface area contributed by atoms with E-state index in [1.807, 2.05) is 25.7 Å². The predicted octanol–water partition coefficient (Wildman–Crippen LogP) is 4.23. The van der Waals surface area contributed by atoms with Crippen LogP contribution in [0.2, 0.25) is 0 Å². The molecule has 2 amide bonds. The van der Waals surface area contributed by atoms with E-state index in [2.05, 4.69) is 15.5 Å². The van der Waals surface area contributed by atoms with Crippen LogP contribution < -0.4 is 5.32 Å². The number of rotatable bonds is 3. The van der Waals surface area contributed by atoms with Crippen LogP contribution in [0.4, 0.5) is 5.13 Å². The van der Waals surface area contributed by atoms with Gasteiger partial charge in [0, 0.05) is 29.8 Å². The lowest BCUT2D eigenvalue weighted by Gasteiger charge is -2.55. The van der Waals surface area contributed by atoms with Crippen LogP contribution in [0.3, 0.4) is 0 Å². The van der Waals surface area contributed by atoms with Crippen LogP contribution in [0.1, 0.15) is 77.1 Å². The Bertz CT molecular complexity index is 799. The Kier molecular flexibility index (Phi) is 4.95. The maximum Gasteiger partial charge on any atom is 0.229 e. The van der Waals surface area contributed by atoms with E-state index in [4.69, 9.17) is 0 Å². The van der Waals surface area contributed by atoms with Gasteiger partial charge in [-0.3, -0.25) is 9.59 Å². The fourth-order valence-electron chi connectivity index (χ4n) is 6.89. The van der Waals surface area contributed by atoms with Gasteiger partial charge in [0.2, 0.25) is 16.9 Å². The largest absolute Gasteiger partial charge is 0.342 e. The molecule has 0 aromatic carbocycles. The molecule has 1 saturated heterocycles. The van der Waals surface area contributed by atoms with Crippen LogP contribution >= 0.6 is 11.3 Å². The topological polar surface area (TPSA) is 75.2 Å². The average Bonchev–Trinajstić information content (AvgIpc) is 3.15. The molecule has 1 aromatic heterocycles. The van der Waals surface area contributed by atoms with Crippen molar-refractivity contribution in [2.75, 3.05) is 18.4 Å². The number of piperidine rings is 1. The summed E-state index contributed by atoms with van der Waals surface area (Å²) in [6, 6.07) is 0. The van der Waals surface area contributed by atoms with Gasteiger partial charge in [-0.2, -0.15) is 0 Å². The molecular weight excluding hydrogens is 396 g/mol. The average molecular weight is 431 g/mol. The molecule has 6 rings (SSSR count). The zero-order valence-corrected chi connectivity index (χ0v) is 19.3. The van der Waals surface area contributed by atoms with Crippen LogP contribution in [0.15, 0.2) is 0 Å². The molecule has 7 heteroatoms. The van der Waals surface area contributed by atoms with Crippen molar-refractivity contribution < 1.29 is 9.59 Å². The fourth-order valence-corrected chi connectivity index (χ4v) is 7.85. The van der Waals surface area contributed by atoms with E-state index in [0.29, 0.717) is 31.1 Å². The number of anilines is 1. The Morgan fingerprint density at radius 2 is 1.57 bits per heavy atom. The van der Waals surface area contributed by atoms with Gasteiger partial charge in [-0.1, -0.05) is 32.1 Å². The van der Waals surface area contributed by atoms with Crippen LogP contribution in [-0.4, -0.2) is 40.0 Å². The van der Waals surface area contributed by atoms with E-state index < -0.39 is 0 Å². The summed E-state index contributed by atoms with van der Waals surface area (Å²) >= 11 is 1.60. The standard InChI is InChI=1S/C23H34N4O2S/c1-22(2,3)20(29)27-6-4-17(5-7-27)18(28)24-21-26-25-19(30-21)23-11-14-8-15(12-23)10-16(9-14)13-23/h14-17H,4-13H2,1-3H3,(H,24,26,28). The van der Waals surface area contributed by atoms with Gasteiger partial charge in [0.25, 0.3) is 0 Å². The van der Waals surface area contributed by atoms with Gasteiger partial charge in [0.15, 0.2) is 0 Å². The number of nitrogens with zero attached hydrogens (tertiary/aromatic N) is 3. The van der Waals surface area contributed by atoms with E-state index >= 15 is 0 Å². The first kappa shape index (κ1) is 20.4. The van der Waals surface area contributed by atoms with Crippen molar-refractivity contribution in [3.05, 3.63) is 5.01 Å².